The summed E-state index contributed by atoms with van der Waals surface area (Å²) in [6.45, 7) is 1.95. The van der Waals surface area contributed by atoms with Crippen molar-refractivity contribution in [2.75, 3.05) is 33.0 Å². The quantitative estimate of drug-likeness (QED) is 0.114. The van der Waals surface area contributed by atoms with Gasteiger partial charge in [-0.15, -0.1) is 0 Å². The monoisotopic (exact) mass is 218 g/mol. The van der Waals surface area contributed by atoms with Gasteiger partial charge in [-0.3, -0.25) is 10.2 Å². The van der Waals surface area contributed by atoms with E-state index < -0.39 is 0 Å². The highest BCUT2D eigenvalue weighted by molar-refractivity contribution is 5.75. The highest BCUT2D eigenvalue weighted by atomic mass is 16.5. The SMILES string of the molecule is N=[N+]=NCCOCCOCCC(=O)NN. The van der Waals surface area contributed by atoms with E-state index in [0.717, 1.165) is 0 Å². The van der Waals surface area contributed by atoms with E-state index in [2.05, 4.69) is 10.0 Å². The van der Waals surface area contributed by atoms with Crippen molar-refractivity contribution in [2.24, 2.45) is 11.0 Å². The number of nitrogens with one attached hydrogen (secondary N) is 2. The van der Waals surface area contributed by atoms with Crippen molar-refractivity contribution in [2.45, 2.75) is 6.42 Å². The topological polar surface area (TPSA) is 124 Å². The number of hydrazine groups is 1. The van der Waals surface area contributed by atoms with Crippen LogP contribution in [0.25, 0.3) is 0 Å². The molecule has 0 saturated heterocycles. The van der Waals surface area contributed by atoms with Gasteiger partial charge in [-0.2, -0.15) is 0 Å². The van der Waals surface area contributed by atoms with Crippen molar-refractivity contribution in [1.29, 1.82) is 5.53 Å². The molecule has 86 valence electrons. The van der Waals surface area contributed by atoms with Crippen molar-refractivity contribution in [1.82, 2.24) is 10.3 Å². The van der Waals surface area contributed by atoms with Crippen molar-refractivity contribution < 1.29 is 14.3 Å². The Morgan fingerprint density at radius 2 is 2.00 bits per heavy atom. The molecule has 4 N–H and O–H groups in total. The van der Waals surface area contributed by atoms with E-state index >= 15 is 0 Å². The van der Waals surface area contributed by atoms with Gasteiger partial charge >= 0.3 is 0 Å². The second-order valence-electron chi connectivity index (χ2n) is 2.51. The molecule has 0 radical (unpaired) electrons. The van der Waals surface area contributed by atoms with Gasteiger partial charge in [-0.05, 0) is 0 Å². The third-order valence-corrected chi connectivity index (χ3v) is 1.41. The summed E-state index contributed by atoms with van der Waals surface area (Å²) in [6, 6.07) is 0. The Labute approximate surface area is 87.3 Å². The molecule has 0 unspecified atom stereocenters. The van der Waals surface area contributed by atoms with Crippen LogP contribution in [0.1, 0.15) is 6.42 Å². The first kappa shape index (κ1) is 13.7. The lowest BCUT2D eigenvalue weighted by Gasteiger charge is -2.03. The van der Waals surface area contributed by atoms with Crippen LogP contribution in [0.5, 0.6) is 0 Å². The molecule has 0 saturated carbocycles. The maximum absolute atomic E-state index is 10.6. The van der Waals surface area contributed by atoms with Gasteiger partial charge in [0.05, 0.1) is 32.8 Å². The molecule has 0 heterocycles. The summed E-state index contributed by atoms with van der Waals surface area (Å²) in [7, 11) is 0. The zero-order chi connectivity index (χ0) is 11.4. The van der Waals surface area contributed by atoms with E-state index in [9.17, 15) is 4.79 Å². The molecule has 15 heavy (non-hydrogen) atoms. The van der Waals surface area contributed by atoms with Crippen LogP contribution in [0.4, 0.5) is 0 Å². The minimum Gasteiger partial charge on any atom is -0.379 e. The van der Waals surface area contributed by atoms with Crippen LogP contribution < -0.4 is 16.2 Å². The Bertz CT molecular complexity index is 217. The Balaban J connectivity index is 3.05. The zero-order valence-electron chi connectivity index (χ0n) is 8.44. The lowest BCUT2D eigenvalue weighted by Crippen LogP contribution is -2.30. The van der Waals surface area contributed by atoms with Crippen molar-refractivity contribution in [3.63, 3.8) is 0 Å². The fourth-order valence-corrected chi connectivity index (χ4v) is 0.714. The predicted molar refractivity (Wildman–Crippen MR) is 50.7 cm³/mol. The van der Waals surface area contributed by atoms with Gasteiger partial charge in [-0.25, -0.2) is 5.84 Å². The maximum Gasteiger partial charge on any atom is 0.236 e. The summed E-state index contributed by atoms with van der Waals surface area (Å²) in [5, 5.41) is 3.40. The molecular formula is C7H16N5O3+. The number of nitrogens with two attached hydrogens (primary N) is 1. The van der Waals surface area contributed by atoms with Gasteiger partial charge in [0.25, 0.3) is 0 Å². The number of amides is 1. The zero-order valence-corrected chi connectivity index (χ0v) is 8.44. The second kappa shape index (κ2) is 10.7. The fraction of sp³-hybridized carbons (Fsp3) is 0.857. The molecule has 0 atom stereocenters. The highest BCUT2D eigenvalue weighted by Crippen LogP contribution is 1.83. The lowest BCUT2D eigenvalue weighted by atomic mass is 10.4. The maximum atomic E-state index is 10.6. The summed E-state index contributed by atoms with van der Waals surface area (Å²) in [4.78, 5) is 13.5. The molecule has 0 aromatic heterocycles. The van der Waals surface area contributed by atoms with Crippen molar-refractivity contribution in [3.8, 4) is 0 Å². The van der Waals surface area contributed by atoms with Crippen LogP contribution in [0, 0.1) is 5.53 Å². The molecule has 8 heteroatoms. The molecule has 0 aromatic rings. The van der Waals surface area contributed by atoms with Gasteiger partial charge in [0, 0.05) is 0 Å². The van der Waals surface area contributed by atoms with E-state index in [0.29, 0.717) is 33.0 Å². The summed E-state index contributed by atoms with van der Waals surface area (Å²) in [5.74, 6) is 4.61. The van der Waals surface area contributed by atoms with Crippen LogP contribution in [0.15, 0.2) is 5.11 Å². The van der Waals surface area contributed by atoms with Crippen LogP contribution in [0.3, 0.4) is 0 Å². The minimum atomic E-state index is -0.258. The molecule has 0 spiro atoms. The molecule has 1 amide bonds. The lowest BCUT2D eigenvalue weighted by molar-refractivity contribution is -0.122. The van der Waals surface area contributed by atoms with Crippen LogP contribution in [-0.4, -0.2) is 38.9 Å². The van der Waals surface area contributed by atoms with Crippen LogP contribution in [-0.2, 0) is 14.3 Å². The third-order valence-electron chi connectivity index (χ3n) is 1.41. The number of rotatable bonds is 9. The van der Waals surface area contributed by atoms with Gasteiger partial charge in [-0.1, -0.05) is 0 Å². The number of carbonyl (C=O) groups excluding carboxylic acids is 1. The number of ether oxygens (including phenoxy) is 2. The molecule has 8 nitrogen and oxygen atoms in total. The van der Waals surface area contributed by atoms with Crippen molar-refractivity contribution in [3.05, 3.63) is 0 Å². The molecule has 0 fully saturated rings. The fourth-order valence-electron chi connectivity index (χ4n) is 0.714. The normalized spacial score (nSPS) is 9.40. The van der Waals surface area contributed by atoms with E-state index in [-0.39, 0.29) is 12.3 Å². The molecule has 0 aliphatic heterocycles. The highest BCUT2D eigenvalue weighted by Gasteiger charge is 1.97. The van der Waals surface area contributed by atoms with Crippen molar-refractivity contribution >= 4 is 5.91 Å². The standard InChI is InChI=1S/C7H15N5O3/c8-11-7(13)1-3-14-5-6-15-4-2-10-12-9/h8H,1-6H2,(H2,9,10)/p+1. The minimum absolute atomic E-state index is 0.240. The molecular weight excluding hydrogens is 202 g/mol. The number of nitrogens with zero attached hydrogens (tertiary/aromatic N) is 2. The molecule has 0 aliphatic rings. The largest absolute Gasteiger partial charge is 0.379 e. The van der Waals surface area contributed by atoms with Gasteiger partial charge in [0.1, 0.15) is 17.2 Å². The van der Waals surface area contributed by atoms with Gasteiger partial charge in [0.15, 0.2) is 0 Å². The Morgan fingerprint density at radius 1 is 1.33 bits per heavy atom. The van der Waals surface area contributed by atoms with E-state index in [1.165, 1.54) is 0 Å². The Morgan fingerprint density at radius 3 is 2.60 bits per heavy atom. The van der Waals surface area contributed by atoms with Crippen LogP contribution in [0.2, 0.25) is 0 Å². The summed E-state index contributed by atoms with van der Waals surface area (Å²) in [5.41, 5.74) is 8.36. The van der Waals surface area contributed by atoms with E-state index in [1.807, 2.05) is 5.43 Å². The predicted octanol–water partition coefficient (Wildman–Crippen LogP) is -1.05. The summed E-state index contributed by atoms with van der Waals surface area (Å²) >= 11 is 0. The second-order valence-corrected chi connectivity index (χ2v) is 2.51. The van der Waals surface area contributed by atoms with Crippen LogP contribution >= 0.6 is 0 Å². The Kier molecular flexibility index (Phi) is 9.78. The summed E-state index contributed by atoms with van der Waals surface area (Å²) < 4.78 is 10.2. The molecule has 0 rings (SSSR count). The molecule has 0 bridgehead atoms. The number of hydrogen-bond acceptors (Lipinski definition) is 6. The van der Waals surface area contributed by atoms with E-state index in [1.54, 1.807) is 0 Å². The molecule has 0 aliphatic carbocycles. The number of carbonyl (C=O) groups is 1. The third kappa shape index (κ3) is 10.6. The summed E-state index contributed by atoms with van der Waals surface area (Å²) in [6.07, 6.45) is 0.240. The average Bonchev–Trinajstić information content (AvgIpc) is 2.26. The first-order valence-electron chi connectivity index (χ1n) is 4.49. The van der Waals surface area contributed by atoms with E-state index in [4.69, 9.17) is 20.8 Å². The van der Waals surface area contributed by atoms with Gasteiger partial charge in [0.2, 0.25) is 10.8 Å². The molecule has 0 aromatic carbocycles. The Hall–Kier alpha value is -1.34. The first-order chi connectivity index (χ1) is 7.31. The number of hydrogen-bond donors (Lipinski definition) is 3. The smallest absolute Gasteiger partial charge is 0.236 e. The first-order valence-corrected chi connectivity index (χ1v) is 4.49. The average molecular weight is 218 g/mol. The van der Waals surface area contributed by atoms with Gasteiger partial charge < -0.3 is 9.47 Å².